The van der Waals surface area contributed by atoms with E-state index in [4.69, 9.17) is 5.11 Å². The zero-order valence-corrected chi connectivity index (χ0v) is 11.8. The number of unbranched alkanes of at least 4 members (excludes halogenated alkanes) is 2. The lowest BCUT2D eigenvalue weighted by Gasteiger charge is -2.15. The first-order chi connectivity index (χ1) is 9.93. The number of nitrogens with one attached hydrogen (secondary N) is 2. The van der Waals surface area contributed by atoms with E-state index in [9.17, 15) is 19.2 Å². The number of hydrogen-bond donors (Lipinski definition) is 3. The minimum Gasteiger partial charge on any atom is -0.480 e. The molecule has 8 heteroatoms. The molecule has 3 N–H and O–H groups in total. The van der Waals surface area contributed by atoms with Crippen LogP contribution < -0.4 is 16.6 Å². The van der Waals surface area contributed by atoms with E-state index in [1.807, 2.05) is 11.9 Å². The van der Waals surface area contributed by atoms with Gasteiger partial charge in [0.25, 0.3) is 5.56 Å². The molecule has 116 valence electrons. The second-order valence-electron chi connectivity index (χ2n) is 4.68. The molecule has 0 fully saturated rings. The Balaban J connectivity index is 2.70. The van der Waals surface area contributed by atoms with Gasteiger partial charge < -0.3 is 10.4 Å². The van der Waals surface area contributed by atoms with E-state index in [-0.39, 0.29) is 18.9 Å². The van der Waals surface area contributed by atoms with E-state index in [0.717, 1.165) is 23.5 Å². The monoisotopic (exact) mass is 297 g/mol. The number of nitrogens with zero attached hydrogens (tertiary/aromatic N) is 1. The minimum atomic E-state index is -1.24. The molecular formula is C13H19N3O5. The number of H-pyrrole nitrogens is 1. The van der Waals surface area contributed by atoms with Crippen molar-refractivity contribution in [3.63, 3.8) is 0 Å². The Bertz CT molecular complexity index is 604. The average molecular weight is 297 g/mol. The molecule has 0 bridgehead atoms. The molecule has 8 nitrogen and oxygen atoms in total. The standard InChI is InChI=1S/C13H19N3O5/c1-2-3-4-5-10(17)14-9(12(19)20)8-16-7-6-11(18)15-13(16)21/h6-7,9H,2-5,8H2,1H3,(H,14,17)(H,19,20)(H,15,18,21)/t9-/m0/s1. The van der Waals surface area contributed by atoms with Gasteiger partial charge in [0, 0.05) is 18.7 Å². The molecule has 0 saturated heterocycles. The van der Waals surface area contributed by atoms with Crippen LogP contribution in [0.4, 0.5) is 0 Å². The van der Waals surface area contributed by atoms with Crippen molar-refractivity contribution in [1.82, 2.24) is 14.9 Å². The van der Waals surface area contributed by atoms with Gasteiger partial charge in [-0.05, 0) is 6.42 Å². The Hall–Kier alpha value is -2.38. The number of rotatable bonds is 8. The van der Waals surface area contributed by atoms with Crippen molar-refractivity contribution in [2.75, 3.05) is 0 Å². The summed E-state index contributed by atoms with van der Waals surface area (Å²) in [5, 5.41) is 11.5. The van der Waals surface area contributed by atoms with Crippen LogP contribution in [0.15, 0.2) is 21.9 Å². The van der Waals surface area contributed by atoms with Crippen molar-refractivity contribution in [2.24, 2.45) is 0 Å². The summed E-state index contributed by atoms with van der Waals surface area (Å²) in [5.41, 5.74) is -1.28. The normalized spacial score (nSPS) is 11.9. The third kappa shape index (κ3) is 5.64. The summed E-state index contributed by atoms with van der Waals surface area (Å²) in [6, 6.07) is -0.105. The number of carbonyl (C=O) groups excluding carboxylic acids is 1. The van der Waals surface area contributed by atoms with Gasteiger partial charge in [0.1, 0.15) is 6.04 Å². The second-order valence-corrected chi connectivity index (χ2v) is 4.68. The molecule has 1 heterocycles. The molecule has 1 amide bonds. The lowest BCUT2D eigenvalue weighted by molar-refractivity contribution is -0.142. The van der Waals surface area contributed by atoms with Gasteiger partial charge in [-0.2, -0.15) is 0 Å². The van der Waals surface area contributed by atoms with Crippen LogP contribution in [0.2, 0.25) is 0 Å². The topological polar surface area (TPSA) is 121 Å². The van der Waals surface area contributed by atoms with Crippen molar-refractivity contribution in [1.29, 1.82) is 0 Å². The highest BCUT2D eigenvalue weighted by Gasteiger charge is 2.20. The Kier molecular flexibility index (Phi) is 6.38. The SMILES string of the molecule is CCCCCC(=O)N[C@@H](Cn1ccc(=O)[nH]c1=O)C(=O)O. The van der Waals surface area contributed by atoms with Crippen LogP contribution >= 0.6 is 0 Å². The fraction of sp³-hybridized carbons (Fsp3) is 0.538. The molecule has 0 aromatic carbocycles. The van der Waals surface area contributed by atoms with Crippen LogP contribution in [-0.2, 0) is 16.1 Å². The summed E-state index contributed by atoms with van der Waals surface area (Å²) in [6.45, 7) is 1.75. The van der Waals surface area contributed by atoms with E-state index in [0.29, 0.717) is 6.42 Å². The predicted octanol–water partition coefficient (Wildman–Crippen LogP) is -0.314. The Morgan fingerprint density at radius 2 is 2.10 bits per heavy atom. The van der Waals surface area contributed by atoms with Crippen LogP contribution in [0.1, 0.15) is 32.6 Å². The van der Waals surface area contributed by atoms with Gasteiger partial charge in [0.2, 0.25) is 5.91 Å². The number of aromatic amines is 1. The molecule has 1 atom stereocenters. The third-order valence-electron chi connectivity index (χ3n) is 2.92. The second kappa shape index (κ2) is 8.03. The molecule has 1 aromatic rings. The molecular weight excluding hydrogens is 278 g/mol. The van der Waals surface area contributed by atoms with E-state index >= 15 is 0 Å². The van der Waals surface area contributed by atoms with Gasteiger partial charge >= 0.3 is 11.7 Å². The summed E-state index contributed by atoms with van der Waals surface area (Å²) in [6.07, 6.45) is 3.98. The maximum Gasteiger partial charge on any atom is 0.328 e. The van der Waals surface area contributed by atoms with Crippen molar-refractivity contribution < 1.29 is 14.7 Å². The first-order valence-electron chi connectivity index (χ1n) is 6.76. The highest BCUT2D eigenvalue weighted by Crippen LogP contribution is 1.99. The zero-order valence-electron chi connectivity index (χ0n) is 11.8. The first kappa shape index (κ1) is 16.7. The van der Waals surface area contributed by atoms with Gasteiger partial charge in [-0.25, -0.2) is 9.59 Å². The fourth-order valence-corrected chi connectivity index (χ4v) is 1.77. The van der Waals surface area contributed by atoms with E-state index in [1.54, 1.807) is 0 Å². The average Bonchev–Trinajstić information content (AvgIpc) is 2.41. The largest absolute Gasteiger partial charge is 0.480 e. The van der Waals surface area contributed by atoms with Crippen molar-refractivity contribution in [3.8, 4) is 0 Å². The molecule has 0 radical (unpaired) electrons. The first-order valence-corrected chi connectivity index (χ1v) is 6.76. The summed E-state index contributed by atoms with van der Waals surface area (Å²) in [4.78, 5) is 47.2. The number of aliphatic carboxylic acids is 1. The highest BCUT2D eigenvalue weighted by atomic mass is 16.4. The predicted molar refractivity (Wildman–Crippen MR) is 75.0 cm³/mol. The number of carboxylic acid groups (broad SMARTS) is 1. The molecule has 21 heavy (non-hydrogen) atoms. The zero-order chi connectivity index (χ0) is 15.8. The minimum absolute atomic E-state index is 0.246. The highest BCUT2D eigenvalue weighted by molar-refractivity contribution is 5.83. The number of amides is 1. The molecule has 1 aromatic heterocycles. The van der Waals surface area contributed by atoms with Gasteiger partial charge in [-0.15, -0.1) is 0 Å². The molecule has 0 unspecified atom stereocenters. The van der Waals surface area contributed by atoms with Crippen molar-refractivity contribution in [2.45, 2.75) is 45.2 Å². The van der Waals surface area contributed by atoms with Crippen LogP contribution in [0.25, 0.3) is 0 Å². The molecule has 0 aliphatic carbocycles. The van der Waals surface area contributed by atoms with E-state index < -0.39 is 23.3 Å². The van der Waals surface area contributed by atoms with Crippen LogP contribution in [0, 0.1) is 0 Å². The van der Waals surface area contributed by atoms with Gasteiger partial charge in [-0.1, -0.05) is 19.8 Å². The lowest BCUT2D eigenvalue weighted by atomic mass is 10.2. The number of carbonyl (C=O) groups is 2. The van der Waals surface area contributed by atoms with Crippen molar-refractivity contribution >= 4 is 11.9 Å². The van der Waals surface area contributed by atoms with Crippen molar-refractivity contribution in [3.05, 3.63) is 33.1 Å². The van der Waals surface area contributed by atoms with Crippen LogP contribution in [-0.4, -0.2) is 32.6 Å². The molecule has 1 rings (SSSR count). The number of hydrogen-bond acceptors (Lipinski definition) is 4. The van der Waals surface area contributed by atoms with E-state index in [1.165, 1.54) is 6.20 Å². The maximum atomic E-state index is 11.6. The Morgan fingerprint density at radius 1 is 1.38 bits per heavy atom. The molecule has 0 aliphatic heterocycles. The van der Waals surface area contributed by atoms with E-state index in [2.05, 4.69) is 5.32 Å². The summed E-state index contributed by atoms with van der Waals surface area (Å²) in [7, 11) is 0. The quantitative estimate of drug-likeness (QED) is 0.568. The third-order valence-corrected chi connectivity index (χ3v) is 2.92. The summed E-state index contributed by atoms with van der Waals surface area (Å²) in [5.74, 6) is -1.61. The van der Waals surface area contributed by atoms with Gasteiger partial charge in [0.05, 0.1) is 6.54 Å². The Morgan fingerprint density at radius 3 is 2.67 bits per heavy atom. The number of carboxylic acids is 1. The summed E-state index contributed by atoms with van der Waals surface area (Å²) < 4.78 is 1.03. The maximum absolute atomic E-state index is 11.6. The lowest BCUT2D eigenvalue weighted by Crippen LogP contribution is -2.46. The Labute approximate surface area is 120 Å². The van der Waals surface area contributed by atoms with Crippen LogP contribution in [0.5, 0.6) is 0 Å². The molecule has 0 aliphatic rings. The number of aromatic nitrogens is 2. The van der Waals surface area contributed by atoms with Crippen LogP contribution in [0.3, 0.4) is 0 Å². The molecule has 0 spiro atoms. The van der Waals surface area contributed by atoms with Gasteiger partial charge in [0.15, 0.2) is 0 Å². The fourth-order valence-electron chi connectivity index (χ4n) is 1.77. The molecule has 0 saturated carbocycles. The van der Waals surface area contributed by atoms with Gasteiger partial charge in [-0.3, -0.25) is 19.1 Å². The summed E-state index contributed by atoms with van der Waals surface area (Å²) >= 11 is 0. The smallest absolute Gasteiger partial charge is 0.328 e.